The summed E-state index contributed by atoms with van der Waals surface area (Å²) < 4.78 is 62.2. The third kappa shape index (κ3) is 2.30. The van der Waals surface area contributed by atoms with Gasteiger partial charge >= 0.3 is 84.9 Å². The van der Waals surface area contributed by atoms with E-state index in [9.17, 15) is 20.8 Å². The van der Waals surface area contributed by atoms with Crippen molar-refractivity contribution in [1.29, 1.82) is 0 Å². The fourth-order valence-electron chi connectivity index (χ4n) is 0.889. The molecule has 3 nitrogen and oxygen atoms in total. The van der Waals surface area contributed by atoms with Gasteiger partial charge in [0.2, 0.25) is 0 Å². The average Bonchev–Trinajstić information content (AvgIpc) is 2.16. The first-order valence-electron chi connectivity index (χ1n) is 3.74. The summed E-state index contributed by atoms with van der Waals surface area (Å²) >= 11 is -6.06. The van der Waals surface area contributed by atoms with Gasteiger partial charge in [-0.1, -0.05) is 0 Å². The molecule has 0 bridgehead atoms. The molecule has 0 aliphatic carbocycles. The molecule has 1 rings (SSSR count). The quantitative estimate of drug-likeness (QED) is 0.770. The van der Waals surface area contributed by atoms with Crippen molar-refractivity contribution in [3.63, 3.8) is 0 Å². The van der Waals surface area contributed by atoms with Gasteiger partial charge in [-0.3, -0.25) is 0 Å². The molecule has 1 aromatic rings. The molecule has 0 atom stereocenters. The van der Waals surface area contributed by atoms with Crippen LogP contribution in [0.4, 0.5) is 13.2 Å². The summed E-state index contributed by atoms with van der Waals surface area (Å²) in [6.45, 7) is 0. The van der Waals surface area contributed by atoms with E-state index in [0.29, 0.717) is 5.75 Å². The van der Waals surface area contributed by atoms with E-state index in [2.05, 4.69) is 0 Å². The summed E-state index contributed by atoms with van der Waals surface area (Å²) in [6, 6.07) is 4.10. The third-order valence-electron chi connectivity index (χ3n) is 1.67. The van der Waals surface area contributed by atoms with Gasteiger partial charge in [0.05, 0.1) is 0 Å². The second kappa shape index (κ2) is 3.83. The topological polar surface area (TPSA) is 43.4 Å². The van der Waals surface area contributed by atoms with Gasteiger partial charge in [-0.2, -0.15) is 0 Å². The zero-order chi connectivity index (χ0) is 11.7. The van der Waals surface area contributed by atoms with Gasteiger partial charge in [0, 0.05) is 0 Å². The molecule has 0 unspecified atom stereocenters. The third-order valence-corrected chi connectivity index (χ3v) is 4.83. The molecule has 0 saturated heterocycles. The predicted octanol–water partition coefficient (Wildman–Crippen LogP) is 1.31. The van der Waals surface area contributed by atoms with Gasteiger partial charge in [0.25, 0.3) is 0 Å². The molecule has 7 heteroatoms. The number of hydrogen-bond acceptors (Lipinski definition) is 3. The van der Waals surface area contributed by atoms with E-state index in [1.165, 1.54) is 19.2 Å². The van der Waals surface area contributed by atoms with Crippen molar-refractivity contribution >= 4 is 17.2 Å². The van der Waals surface area contributed by atoms with Crippen LogP contribution in [-0.2, 0) is 7.67 Å². The van der Waals surface area contributed by atoms with Crippen LogP contribution < -0.4 is 9.20 Å². The molecule has 0 aromatic heterocycles. The molecular formula is C8H7F3O3Se. The maximum atomic E-state index is 12.1. The molecule has 0 N–H and O–H groups in total. The normalized spacial score (nSPS) is 12.5. The second-order valence-corrected chi connectivity index (χ2v) is 6.70. The summed E-state index contributed by atoms with van der Waals surface area (Å²) in [5.41, 5.74) is 0. The molecule has 84 valence electrons. The van der Waals surface area contributed by atoms with Gasteiger partial charge in [0.15, 0.2) is 0 Å². The monoisotopic (exact) mass is 288 g/mol. The van der Waals surface area contributed by atoms with E-state index >= 15 is 0 Å². The first kappa shape index (κ1) is 12.0. The van der Waals surface area contributed by atoms with Crippen LogP contribution in [0.1, 0.15) is 0 Å². The Morgan fingerprint density at radius 3 is 1.93 bits per heavy atom. The maximum absolute atomic E-state index is 12.1. The van der Waals surface area contributed by atoms with Gasteiger partial charge in [0.1, 0.15) is 0 Å². The van der Waals surface area contributed by atoms with Crippen LogP contribution in [0.2, 0.25) is 0 Å². The van der Waals surface area contributed by atoms with Crippen molar-refractivity contribution in [2.75, 3.05) is 7.11 Å². The van der Waals surface area contributed by atoms with E-state index in [-0.39, 0.29) is 0 Å². The molecule has 0 heterocycles. The van der Waals surface area contributed by atoms with Gasteiger partial charge < -0.3 is 0 Å². The fourth-order valence-corrected chi connectivity index (χ4v) is 2.49. The van der Waals surface area contributed by atoms with Crippen LogP contribution in [-0.4, -0.2) is 24.9 Å². The van der Waals surface area contributed by atoms with Crippen LogP contribution >= 0.6 is 0 Å². The number of benzene rings is 1. The zero-order valence-electron chi connectivity index (χ0n) is 7.58. The van der Waals surface area contributed by atoms with E-state index < -0.39 is 22.2 Å². The molecule has 0 aliphatic rings. The Hall–Kier alpha value is -1.07. The number of rotatable bonds is 2. The zero-order valence-corrected chi connectivity index (χ0v) is 9.29. The Kier molecular flexibility index (Phi) is 3.06. The Bertz CT molecular complexity index is 433. The van der Waals surface area contributed by atoms with Crippen LogP contribution in [0, 0.1) is 0 Å². The molecular weight excluding hydrogens is 280 g/mol. The SMILES string of the molecule is COc1ccc([Se](=O)(=O)C(F)(F)F)cc1. The minimum atomic E-state index is -6.06. The van der Waals surface area contributed by atoms with Crippen molar-refractivity contribution < 1.29 is 25.6 Å². The van der Waals surface area contributed by atoms with E-state index in [1.807, 2.05) is 0 Å². The standard InChI is InChI=1S/C8H7F3O3Se/c1-14-6-2-4-7(5-3-6)15(12,13)8(9,10)11/h2-5H,1H3. The number of hydrogen-bond donors (Lipinski definition) is 0. The number of alkyl halides is 3. The fraction of sp³-hybridized carbons (Fsp3) is 0.250. The minimum absolute atomic E-state index is 0.300. The Labute approximate surface area is 85.5 Å². The molecule has 0 aliphatic heterocycles. The first-order valence-corrected chi connectivity index (χ1v) is 6.85. The molecule has 0 saturated carbocycles. The second-order valence-electron chi connectivity index (χ2n) is 2.62. The molecule has 15 heavy (non-hydrogen) atoms. The van der Waals surface area contributed by atoms with E-state index in [1.54, 1.807) is 0 Å². The molecule has 0 amide bonds. The molecule has 0 spiro atoms. The number of ether oxygens (including phenoxy) is 1. The van der Waals surface area contributed by atoms with E-state index in [4.69, 9.17) is 4.74 Å². The predicted molar refractivity (Wildman–Crippen MR) is 45.8 cm³/mol. The van der Waals surface area contributed by atoms with E-state index in [0.717, 1.165) is 12.1 Å². The Balaban J connectivity index is 3.18. The summed E-state index contributed by atoms with van der Waals surface area (Å²) in [6.07, 6.45) is 0. The van der Waals surface area contributed by atoms with Crippen molar-refractivity contribution in [2.45, 2.75) is 5.07 Å². The molecule has 0 radical (unpaired) electrons. The summed E-state index contributed by atoms with van der Waals surface area (Å²) in [4.78, 5) is 0. The van der Waals surface area contributed by atoms with Crippen LogP contribution in [0.3, 0.4) is 0 Å². The number of halogens is 3. The number of methoxy groups -OCH3 is 1. The summed E-state index contributed by atoms with van der Waals surface area (Å²) in [5, 5.41) is -5.20. The summed E-state index contributed by atoms with van der Waals surface area (Å²) in [7, 11) is 1.33. The first-order chi connectivity index (χ1) is 6.79. The van der Waals surface area contributed by atoms with Crippen molar-refractivity contribution in [3.8, 4) is 5.75 Å². The Morgan fingerprint density at radius 1 is 1.13 bits per heavy atom. The Morgan fingerprint density at radius 2 is 1.60 bits per heavy atom. The van der Waals surface area contributed by atoms with Crippen molar-refractivity contribution in [2.24, 2.45) is 0 Å². The summed E-state index contributed by atoms with van der Waals surface area (Å²) in [5.74, 6) is 0.300. The van der Waals surface area contributed by atoms with Gasteiger partial charge in [-0.15, -0.1) is 0 Å². The van der Waals surface area contributed by atoms with Crippen LogP contribution in [0.25, 0.3) is 0 Å². The van der Waals surface area contributed by atoms with Crippen molar-refractivity contribution in [3.05, 3.63) is 24.3 Å². The molecule has 0 fully saturated rings. The van der Waals surface area contributed by atoms with Crippen molar-refractivity contribution in [1.82, 2.24) is 0 Å². The van der Waals surface area contributed by atoms with Gasteiger partial charge in [-0.05, 0) is 0 Å². The average molecular weight is 287 g/mol. The van der Waals surface area contributed by atoms with Gasteiger partial charge in [-0.25, -0.2) is 0 Å². The molecule has 1 aromatic carbocycles. The van der Waals surface area contributed by atoms with Crippen LogP contribution in [0.5, 0.6) is 5.75 Å². The van der Waals surface area contributed by atoms with Crippen LogP contribution in [0.15, 0.2) is 24.3 Å².